The number of methoxy groups -OCH3 is 1. The van der Waals surface area contributed by atoms with Gasteiger partial charge in [-0.25, -0.2) is 0 Å². The second kappa shape index (κ2) is 3.35. The summed E-state index contributed by atoms with van der Waals surface area (Å²) in [6.07, 6.45) is 0.201. The molecule has 0 saturated carbocycles. The maximum atomic E-state index is 5.30. The van der Waals surface area contributed by atoms with Crippen LogP contribution in [0.2, 0.25) is 0 Å². The standard InChI is InChI=1S/C8H19NO/c1-8(2,3)7(10-6)9(4)5/h7H,1-6H3. The lowest BCUT2D eigenvalue weighted by Gasteiger charge is -2.34. The Hall–Kier alpha value is -0.0800. The van der Waals surface area contributed by atoms with Crippen molar-refractivity contribution < 1.29 is 4.74 Å². The Kier molecular flexibility index (Phi) is 3.33. The molecule has 0 fully saturated rings. The predicted molar refractivity (Wildman–Crippen MR) is 43.9 cm³/mol. The topological polar surface area (TPSA) is 12.5 Å². The normalized spacial score (nSPS) is 15.9. The Bertz CT molecular complexity index is 93.9. The Labute approximate surface area is 64.2 Å². The summed E-state index contributed by atoms with van der Waals surface area (Å²) >= 11 is 0. The van der Waals surface area contributed by atoms with Crippen molar-refractivity contribution in [3.8, 4) is 0 Å². The molecular formula is C8H19NO. The molecule has 1 unspecified atom stereocenters. The van der Waals surface area contributed by atoms with Gasteiger partial charge in [0.25, 0.3) is 0 Å². The first-order valence-corrected chi connectivity index (χ1v) is 3.59. The zero-order valence-corrected chi connectivity index (χ0v) is 7.93. The Morgan fingerprint density at radius 2 is 1.60 bits per heavy atom. The van der Waals surface area contributed by atoms with Gasteiger partial charge in [0, 0.05) is 12.5 Å². The minimum Gasteiger partial charge on any atom is -0.366 e. The van der Waals surface area contributed by atoms with Gasteiger partial charge >= 0.3 is 0 Å². The van der Waals surface area contributed by atoms with Crippen LogP contribution >= 0.6 is 0 Å². The van der Waals surface area contributed by atoms with E-state index in [2.05, 4.69) is 25.7 Å². The summed E-state index contributed by atoms with van der Waals surface area (Å²) in [4.78, 5) is 2.08. The quantitative estimate of drug-likeness (QED) is 0.547. The molecule has 0 spiro atoms. The minimum absolute atomic E-state index is 0.193. The number of hydrogen-bond donors (Lipinski definition) is 0. The zero-order chi connectivity index (χ0) is 8.36. The van der Waals surface area contributed by atoms with Crippen LogP contribution < -0.4 is 0 Å². The maximum Gasteiger partial charge on any atom is 0.114 e. The number of hydrogen-bond acceptors (Lipinski definition) is 2. The average Bonchev–Trinajstić information content (AvgIpc) is 1.60. The fourth-order valence-corrected chi connectivity index (χ4v) is 1.34. The summed E-state index contributed by atoms with van der Waals surface area (Å²) < 4.78 is 5.30. The first-order chi connectivity index (χ1) is 4.39. The summed E-state index contributed by atoms with van der Waals surface area (Å²) in [5.41, 5.74) is 0.193. The van der Waals surface area contributed by atoms with E-state index in [9.17, 15) is 0 Å². The molecule has 0 aromatic rings. The van der Waals surface area contributed by atoms with Crippen LogP contribution in [0.5, 0.6) is 0 Å². The van der Waals surface area contributed by atoms with Gasteiger partial charge in [0.1, 0.15) is 6.23 Å². The Morgan fingerprint density at radius 1 is 1.20 bits per heavy atom. The highest BCUT2D eigenvalue weighted by Gasteiger charge is 2.25. The molecule has 0 radical (unpaired) electrons. The van der Waals surface area contributed by atoms with Crippen molar-refractivity contribution in [2.75, 3.05) is 21.2 Å². The van der Waals surface area contributed by atoms with Crippen LogP contribution in [0.25, 0.3) is 0 Å². The van der Waals surface area contributed by atoms with Crippen molar-refractivity contribution in [1.82, 2.24) is 4.90 Å². The number of nitrogens with zero attached hydrogens (tertiary/aromatic N) is 1. The fourth-order valence-electron chi connectivity index (χ4n) is 1.34. The van der Waals surface area contributed by atoms with Crippen molar-refractivity contribution >= 4 is 0 Å². The van der Waals surface area contributed by atoms with Gasteiger partial charge in [0.2, 0.25) is 0 Å². The molecular weight excluding hydrogens is 126 g/mol. The molecule has 0 heterocycles. The second-order valence-corrected chi connectivity index (χ2v) is 3.92. The molecule has 0 aliphatic carbocycles. The van der Waals surface area contributed by atoms with Gasteiger partial charge in [-0.2, -0.15) is 0 Å². The van der Waals surface area contributed by atoms with E-state index in [0.717, 1.165) is 0 Å². The van der Waals surface area contributed by atoms with Crippen LogP contribution in [0.15, 0.2) is 0 Å². The van der Waals surface area contributed by atoms with Crippen LogP contribution in [-0.2, 0) is 4.74 Å². The van der Waals surface area contributed by atoms with E-state index in [-0.39, 0.29) is 11.6 Å². The molecule has 0 aliphatic heterocycles. The summed E-state index contributed by atoms with van der Waals surface area (Å²) in [6.45, 7) is 6.50. The molecule has 0 N–H and O–H groups in total. The fraction of sp³-hybridized carbons (Fsp3) is 1.00. The zero-order valence-electron chi connectivity index (χ0n) is 7.93. The lowest BCUT2D eigenvalue weighted by Crippen LogP contribution is -2.40. The highest BCUT2D eigenvalue weighted by molar-refractivity contribution is 4.71. The SMILES string of the molecule is COC(N(C)C)C(C)(C)C. The third-order valence-corrected chi connectivity index (χ3v) is 1.43. The highest BCUT2D eigenvalue weighted by atomic mass is 16.5. The Balaban J connectivity index is 4.07. The van der Waals surface area contributed by atoms with E-state index in [1.807, 2.05) is 14.1 Å². The van der Waals surface area contributed by atoms with Crippen molar-refractivity contribution in [3.05, 3.63) is 0 Å². The van der Waals surface area contributed by atoms with Crippen LogP contribution in [-0.4, -0.2) is 32.3 Å². The third kappa shape index (κ3) is 2.67. The number of ether oxygens (including phenoxy) is 1. The lowest BCUT2D eigenvalue weighted by atomic mass is 9.93. The molecule has 62 valence electrons. The van der Waals surface area contributed by atoms with Gasteiger partial charge in [-0.05, 0) is 14.1 Å². The molecule has 2 heteroatoms. The average molecular weight is 145 g/mol. The third-order valence-electron chi connectivity index (χ3n) is 1.43. The van der Waals surface area contributed by atoms with Crippen LogP contribution in [0.3, 0.4) is 0 Å². The molecule has 1 atom stereocenters. The van der Waals surface area contributed by atoms with Gasteiger partial charge < -0.3 is 4.74 Å². The van der Waals surface area contributed by atoms with Crippen LogP contribution in [0, 0.1) is 5.41 Å². The largest absolute Gasteiger partial charge is 0.366 e. The molecule has 0 aromatic carbocycles. The van der Waals surface area contributed by atoms with E-state index >= 15 is 0 Å². The molecule has 2 nitrogen and oxygen atoms in total. The molecule has 0 bridgehead atoms. The van der Waals surface area contributed by atoms with Gasteiger partial charge in [-0.15, -0.1) is 0 Å². The van der Waals surface area contributed by atoms with E-state index in [0.29, 0.717) is 0 Å². The molecule has 0 aliphatic rings. The summed E-state index contributed by atoms with van der Waals surface area (Å²) in [6, 6.07) is 0. The monoisotopic (exact) mass is 145 g/mol. The Morgan fingerprint density at radius 3 is 1.60 bits per heavy atom. The predicted octanol–water partition coefficient (Wildman–Crippen LogP) is 1.57. The first kappa shape index (κ1) is 9.92. The van der Waals surface area contributed by atoms with E-state index < -0.39 is 0 Å². The van der Waals surface area contributed by atoms with Gasteiger partial charge in [-0.3, -0.25) is 4.90 Å². The van der Waals surface area contributed by atoms with Gasteiger partial charge in [0.05, 0.1) is 0 Å². The summed E-state index contributed by atoms with van der Waals surface area (Å²) in [5.74, 6) is 0. The lowest BCUT2D eigenvalue weighted by molar-refractivity contribution is -0.0755. The first-order valence-electron chi connectivity index (χ1n) is 3.59. The van der Waals surface area contributed by atoms with Crippen molar-refractivity contribution in [3.63, 3.8) is 0 Å². The molecule has 0 rings (SSSR count). The summed E-state index contributed by atoms with van der Waals surface area (Å²) in [7, 11) is 5.80. The number of rotatable bonds is 2. The summed E-state index contributed by atoms with van der Waals surface area (Å²) in [5, 5.41) is 0. The minimum atomic E-state index is 0.193. The molecule has 0 amide bonds. The molecule has 0 aromatic heterocycles. The maximum absolute atomic E-state index is 5.30. The second-order valence-electron chi connectivity index (χ2n) is 3.92. The smallest absolute Gasteiger partial charge is 0.114 e. The van der Waals surface area contributed by atoms with E-state index in [1.165, 1.54) is 0 Å². The molecule has 10 heavy (non-hydrogen) atoms. The van der Waals surface area contributed by atoms with Crippen LogP contribution in [0.4, 0.5) is 0 Å². The van der Waals surface area contributed by atoms with E-state index in [4.69, 9.17) is 4.74 Å². The van der Waals surface area contributed by atoms with Crippen LogP contribution in [0.1, 0.15) is 20.8 Å². The van der Waals surface area contributed by atoms with Crippen molar-refractivity contribution in [1.29, 1.82) is 0 Å². The highest BCUT2D eigenvalue weighted by Crippen LogP contribution is 2.22. The van der Waals surface area contributed by atoms with Gasteiger partial charge in [0.15, 0.2) is 0 Å². The van der Waals surface area contributed by atoms with Crippen molar-refractivity contribution in [2.45, 2.75) is 27.0 Å². The molecule has 0 saturated heterocycles. The van der Waals surface area contributed by atoms with E-state index in [1.54, 1.807) is 7.11 Å². The van der Waals surface area contributed by atoms with Crippen molar-refractivity contribution in [2.24, 2.45) is 5.41 Å². The van der Waals surface area contributed by atoms with Gasteiger partial charge in [-0.1, -0.05) is 20.8 Å².